The number of anilines is 2. The van der Waals surface area contributed by atoms with E-state index in [1.54, 1.807) is 70.5 Å². The van der Waals surface area contributed by atoms with Crippen LogP contribution in [0.2, 0.25) is 0 Å². The highest BCUT2D eigenvalue weighted by Gasteiger charge is 2.45. The predicted octanol–water partition coefficient (Wildman–Crippen LogP) is 6.98. The van der Waals surface area contributed by atoms with Crippen LogP contribution in [0.25, 0.3) is 5.57 Å². The largest absolute Gasteiger partial charge is 0.497 e. The fourth-order valence-electron chi connectivity index (χ4n) is 9.11. The lowest BCUT2D eigenvalue weighted by Crippen LogP contribution is -2.53. The predicted molar refractivity (Wildman–Crippen MR) is 287 cm³/mol. The lowest BCUT2D eigenvalue weighted by atomic mass is 10.0. The van der Waals surface area contributed by atoms with Crippen LogP contribution in [-0.2, 0) is 46.5 Å². The molecule has 0 bridgehead atoms. The molecule has 0 saturated carbocycles. The first-order chi connectivity index (χ1) is 36.8. The SMILES string of the molecule is COc1ccc(C2=CN3C(=O)c4cc(C)c(C)cc4N(C(=O)OCc4ccc(NC(=O)[C@H](CCCCNC(=O)OC(C)(C)C)NC(=O)[C@H](Cc5ccccc5)NC(=O)CCCCN5C(=O)C=CC5=O)cc4)[C@@H](O)[C@@H]3C2)cc1. The third kappa shape index (κ3) is 15.0. The Balaban J connectivity index is 1.01. The molecule has 0 unspecified atom stereocenters. The minimum Gasteiger partial charge on any atom is -0.497 e. The Morgan fingerprint density at radius 3 is 2.14 bits per heavy atom. The van der Waals surface area contributed by atoms with Crippen molar-refractivity contribution < 1.29 is 57.7 Å². The van der Waals surface area contributed by atoms with Crippen LogP contribution in [0.15, 0.2) is 109 Å². The lowest BCUT2D eigenvalue weighted by molar-refractivity contribution is -0.136. The van der Waals surface area contributed by atoms with Crippen molar-refractivity contribution in [2.75, 3.05) is 30.4 Å². The van der Waals surface area contributed by atoms with E-state index in [0.717, 1.165) is 37.6 Å². The van der Waals surface area contributed by atoms with Gasteiger partial charge in [0.15, 0.2) is 6.23 Å². The number of unbranched alkanes of at least 4 members (excludes halogenated alkanes) is 2. The Kier molecular flexibility index (Phi) is 18.7. The number of ether oxygens (including phenoxy) is 3. The summed E-state index contributed by atoms with van der Waals surface area (Å²) in [5.41, 5.74) is 4.70. The van der Waals surface area contributed by atoms with E-state index in [2.05, 4.69) is 21.3 Å². The number of nitrogens with zero attached hydrogens (tertiary/aromatic N) is 3. The number of imide groups is 1. The van der Waals surface area contributed by atoms with Crippen molar-refractivity contribution in [3.63, 3.8) is 0 Å². The van der Waals surface area contributed by atoms with Gasteiger partial charge in [-0.3, -0.25) is 33.7 Å². The Bertz CT molecular complexity index is 2880. The minimum absolute atomic E-state index is 0.0182. The molecule has 7 rings (SSSR count). The van der Waals surface area contributed by atoms with Crippen LogP contribution >= 0.6 is 0 Å². The molecule has 0 fully saturated rings. The third-order valence-corrected chi connectivity index (χ3v) is 13.4. The monoisotopic (exact) mass is 1050 g/mol. The summed E-state index contributed by atoms with van der Waals surface area (Å²) >= 11 is 0. The average Bonchev–Trinajstić information content (AvgIpc) is 3.98. The fraction of sp³-hybridized carbons (Fsp3) is 0.379. The number of benzene rings is 4. The van der Waals surface area contributed by atoms with Gasteiger partial charge in [0.25, 0.3) is 17.7 Å². The van der Waals surface area contributed by atoms with Crippen molar-refractivity contribution in [1.82, 2.24) is 25.8 Å². The van der Waals surface area contributed by atoms with E-state index in [0.29, 0.717) is 42.7 Å². The molecule has 3 aliphatic rings. The molecule has 0 spiro atoms. The van der Waals surface area contributed by atoms with Gasteiger partial charge in [0, 0.05) is 50.0 Å². The molecular formula is C58H67N7O12. The molecule has 0 radical (unpaired) electrons. The maximum absolute atomic E-state index is 14.2. The number of hydrogen-bond donors (Lipinski definition) is 5. The number of aliphatic hydroxyl groups is 1. The van der Waals surface area contributed by atoms with Crippen LogP contribution in [0.1, 0.15) is 104 Å². The van der Waals surface area contributed by atoms with Gasteiger partial charge < -0.3 is 45.5 Å². The van der Waals surface area contributed by atoms with Gasteiger partial charge in [-0.1, -0.05) is 54.6 Å². The van der Waals surface area contributed by atoms with Crippen LogP contribution < -0.4 is 30.9 Å². The van der Waals surface area contributed by atoms with E-state index < -0.39 is 71.7 Å². The maximum Gasteiger partial charge on any atom is 0.416 e. The van der Waals surface area contributed by atoms with Crippen LogP contribution in [0.3, 0.4) is 0 Å². The summed E-state index contributed by atoms with van der Waals surface area (Å²) in [6.45, 7) is 9.15. The number of aliphatic hydroxyl groups excluding tert-OH is 1. The summed E-state index contributed by atoms with van der Waals surface area (Å²) in [6, 6.07) is 23.4. The minimum atomic E-state index is -1.48. The molecule has 0 aromatic heterocycles. The molecule has 4 aromatic carbocycles. The summed E-state index contributed by atoms with van der Waals surface area (Å²) in [4.78, 5) is 110. The molecule has 4 atom stereocenters. The van der Waals surface area contributed by atoms with Gasteiger partial charge in [0.05, 0.1) is 24.4 Å². The van der Waals surface area contributed by atoms with Crippen molar-refractivity contribution in [2.24, 2.45) is 0 Å². The smallest absolute Gasteiger partial charge is 0.416 e. The second-order valence-corrected chi connectivity index (χ2v) is 20.3. The number of hydrogen-bond acceptors (Lipinski definition) is 12. The van der Waals surface area contributed by atoms with Gasteiger partial charge in [-0.25, -0.2) is 14.5 Å². The summed E-state index contributed by atoms with van der Waals surface area (Å²) < 4.78 is 16.5. The zero-order valence-electron chi connectivity index (χ0n) is 44.3. The number of nitrogens with one attached hydrogen (secondary N) is 4. The maximum atomic E-state index is 14.2. The molecule has 77 heavy (non-hydrogen) atoms. The van der Waals surface area contributed by atoms with Crippen LogP contribution in [0.5, 0.6) is 5.75 Å². The molecule has 4 aromatic rings. The molecule has 406 valence electrons. The quantitative estimate of drug-likeness (QED) is 0.0419. The molecular weight excluding hydrogens is 987 g/mol. The Hall–Kier alpha value is -8.32. The summed E-state index contributed by atoms with van der Waals surface area (Å²) in [5.74, 6) is -2.10. The Morgan fingerprint density at radius 1 is 0.779 bits per heavy atom. The van der Waals surface area contributed by atoms with Crippen molar-refractivity contribution in [1.29, 1.82) is 0 Å². The van der Waals surface area contributed by atoms with Gasteiger partial charge in [-0.15, -0.1) is 0 Å². The Morgan fingerprint density at radius 2 is 1.47 bits per heavy atom. The zero-order chi connectivity index (χ0) is 55.4. The third-order valence-electron chi connectivity index (χ3n) is 13.4. The second kappa shape index (κ2) is 25.5. The second-order valence-electron chi connectivity index (χ2n) is 20.3. The highest BCUT2D eigenvalue weighted by Crippen LogP contribution is 2.40. The van der Waals surface area contributed by atoms with E-state index >= 15 is 0 Å². The molecule has 8 amide bonds. The van der Waals surface area contributed by atoms with Crippen molar-refractivity contribution in [2.45, 2.75) is 123 Å². The zero-order valence-corrected chi connectivity index (χ0v) is 44.3. The van der Waals surface area contributed by atoms with Crippen molar-refractivity contribution in [3.8, 4) is 5.75 Å². The first-order valence-corrected chi connectivity index (χ1v) is 25.8. The van der Waals surface area contributed by atoms with Crippen LogP contribution in [0, 0.1) is 13.8 Å². The normalized spacial score (nSPS) is 16.6. The number of methoxy groups -OCH3 is 1. The Labute approximate surface area is 448 Å². The van der Waals surface area contributed by atoms with Gasteiger partial charge in [0.1, 0.15) is 30.0 Å². The van der Waals surface area contributed by atoms with E-state index in [1.165, 1.54) is 17.1 Å². The fourth-order valence-corrected chi connectivity index (χ4v) is 9.11. The number of rotatable bonds is 21. The van der Waals surface area contributed by atoms with Crippen molar-refractivity contribution >= 4 is 64.6 Å². The van der Waals surface area contributed by atoms with E-state index in [1.807, 2.05) is 68.4 Å². The summed E-state index contributed by atoms with van der Waals surface area (Å²) in [6.07, 6.45) is 3.29. The van der Waals surface area contributed by atoms with Gasteiger partial charge in [0.2, 0.25) is 17.7 Å². The van der Waals surface area contributed by atoms with Crippen LogP contribution in [-0.4, -0.2) is 113 Å². The van der Waals surface area contributed by atoms with Gasteiger partial charge in [-0.2, -0.15) is 0 Å². The highest BCUT2D eigenvalue weighted by atomic mass is 16.6. The van der Waals surface area contributed by atoms with E-state index in [4.69, 9.17) is 14.2 Å². The summed E-state index contributed by atoms with van der Waals surface area (Å²) in [7, 11) is 1.57. The number of fused-ring (bicyclic) bond motifs is 2. The molecule has 0 aliphatic carbocycles. The van der Waals surface area contributed by atoms with Crippen LogP contribution in [0.4, 0.5) is 21.0 Å². The number of carbonyl (C=O) groups is 8. The molecule has 3 heterocycles. The summed E-state index contributed by atoms with van der Waals surface area (Å²) in [5, 5.41) is 23.2. The van der Waals surface area contributed by atoms with E-state index in [9.17, 15) is 43.5 Å². The number of aryl methyl sites for hydroxylation is 2. The topological polar surface area (TPSA) is 242 Å². The molecule has 0 saturated heterocycles. The molecule has 3 aliphatic heterocycles. The number of alkyl carbamates (subject to hydrolysis) is 1. The van der Waals surface area contributed by atoms with Gasteiger partial charge in [-0.05, 0) is 143 Å². The van der Waals surface area contributed by atoms with E-state index in [-0.39, 0.29) is 62.5 Å². The molecule has 19 heteroatoms. The van der Waals surface area contributed by atoms with Crippen molar-refractivity contribution in [3.05, 3.63) is 143 Å². The highest BCUT2D eigenvalue weighted by molar-refractivity contribution is 6.13. The number of amides is 8. The average molecular weight is 1050 g/mol. The molecule has 5 N–H and O–H groups in total. The first kappa shape index (κ1) is 56.4. The first-order valence-electron chi connectivity index (χ1n) is 25.8. The van der Waals surface area contributed by atoms with Gasteiger partial charge >= 0.3 is 12.2 Å². The number of carbonyl (C=O) groups excluding carboxylic acids is 8. The molecule has 19 nitrogen and oxygen atoms in total. The lowest BCUT2D eigenvalue weighted by Gasteiger charge is -2.31. The standard InChI is InChI=1S/C58H67N7O12/c1-36-30-44-47(31-37(36)2)65(55(72)48-33-41(34-64(48)54(44)71)40-20-24-43(75-6)25-21-40)57(74)76-35-39-18-22-42(23-19-39)60-52(69)45(16-10-12-28-59-56(73)77-58(3,4)5)62-53(70)46(32-38-14-8-7-9-15-38)61-49(66)17-11-13-29-63-50(67)26-27-51(63)68/h7-9,14-15,18-27,30-31,34,45-46,48,55,72H,10-13,16-17,28-29,32-33,35H2,1-6H3,(H,59,73)(H,60,69)(H,61,66)(H,62,70)/t45-,46-,48-,55-/m0/s1.